The van der Waals surface area contributed by atoms with Gasteiger partial charge in [0, 0.05) is 17.8 Å². The molecule has 1 aromatic heterocycles. The van der Waals surface area contributed by atoms with E-state index in [-0.39, 0.29) is 18.0 Å². The summed E-state index contributed by atoms with van der Waals surface area (Å²) in [6, 6.07) is 0. The fourth-order valence-corrected chi connectivity index (χ4v) is 2.16. The number of hydrogen-bond acceptors (Lipinski definition) is 2. The van der Waals surface area contributed by atoms with Gasteiger partial charge in [0.15, 0.2) is 0 Å². The molecule has 0 atom stereocenters. The maximum atomic E-state index is 11.5. The molecule has 1 aliphatic rings. The zero-order valence-corrected chi connectivity index (χ0v) is 9.04. The molecule has 3 nitrogen and oxygen atoms in total. The maximum absolute atomic E-state index is 11.5. The minimum atomic E-state index is 0. The van der Waals surface area contributed by atoms with Crippen molar-refractivity contribution in [3.8, 4) is 0 Å². The molecule has 4 heteroatoms. The Labute approximate surface area is 89.1 Å². The second-order valence-electron chi connectivity index (χ2n) is 3.57. The summed E-state index contributed by atoms with van der Waals surface area (Å²) in [6.07, 6.45) is 3.26. The normalized spacial score (nSPS) is 13.6. The van der Waals surface area contributed by atoms with Crippen molar-refractivity contribution in [2.24, 2.45) is 5.73 Å². The zero-order chi connectivity index (χ0) is 9.42. The van der Waals surface area contributed by atoms with E-state index in [1.165, 1.54) is 11.1 Å². The number of aryl methyl sites for hydroxylation is 1. The predicted molar refractivity (Wildman–Crippen MR) is 59.0 cm³/mol. The summed E-state index contributed by atoms with van der Waals surface area (Å²) in [6.45, 7) is 2.32. The van der Waals surface area contributed by atoms with Gasteiger partial charge in [0.1, 0.15) is 0 Å². The van der Waals surface area contributed by atoms with Crippen molar-refractivity contribution in [1.29, 1.82) is 0 Å². The Bertz CT molecular complexity index is 398. The lowest BCUT2D eigenvalue weighted by molar-refractivity contribution is 0.900. The highest BCUT2D eigenvalue weighted by Crippen LogP contribution is 2.24. The van der Waals surface area contributed by atoms with Gasteiger partial charge >= 0.3 is 0 Å². The molecule has 78 valence electrons. The third-order valence-electron chi connectivity index (χ3n) is 2.81. The summed E-state index contributed by atoms with van der Waals surface area (Å²) < 4.78 is 0. The van der Waals surface area contributed by atoms with Crippen LogP contribution >= 0.6 is 12.4 Å². The van der Waals surface area contributed by atoms with E-state index < -0.39 is 0 Å². The molecule has 14 heavy (non-hydrogen) atoms. The quantitative estimate of drug-likeness (QED) is 0.734. The SMILES string of the molecule is Cc1[nH]c(=O)c(CN)c2c1CCC2.Cl. The average Bonchev–Trinajstić information content (AvgIpc) is 2.53. The van der Waals surface area contributed by atoms with Crippen LogP contribution in [0.5, 0.6) is 0 Å². The van der Waals surface area contributed by atoms with Crippen LogP contribution in [-0.4, -0.2) is 4.98 Å². The summed E-state index contributed by atoms with van der Waals surface area (Å²) in [5.41, 5.74) is 9.90. The molecular formula is C10H15ClN2O. The molecule has 0 aromatic carbocycles. The number of halogens is 1. The van der Waals surface area contributed by atoms with E-state index >= 15 is 0 Å². The third kappa shape index (κ3) is 1.57. The number of H-pyrrole nitrogens is 1. The first-order valence-electron chi connectivity index (χ1n) is 4.67. The van der Waals surface area contributed by atoms with Gasteiger partial charge in [0.2, 0.25) is 0 Å². The van der Waals surface area contributed by atoms with E-state index in [1.54, 1.807) is 0 Å². The molecule has 0 bridgehead atoms. The molecule has 0 fully saturated rings. The van der Waals surface area contributed by atoms with Crippen LogP contribution in [-0.2, 0) is 19.4 Å². The van der Waals surface area contributed by atoms with Gasteiger partial charge in [0.25, 0.3) is 5.56 Å². The molecule has 3 N–H and O–H groups in total. The Morgan fingerprint density at radius 3 is 2.64 bits per heavy atom. The van der Waals surface area contributed by atoms with Crippen LogP contribution in [0.25, 0.3) is 0 Å². The highest BCUT2D eigenvalue weighted by Gasteiger charge is 2.18. The number of rotatable bonds is 1. The topological polar surface area (TPSA) is 58.9 Å². The Morgan fingerprint density at radius 1 is 1.36 bits per heavy atom. The molecule has 1 heterocycles. The predicted octanol–water partition coefficient (Wildman–Crippen LogP) is 1.05. The number of fused-ring (bicyclic) bond motifs is 1. The first-order chi connectivity index (χ1) is 6.24. The minimum absolute atomic E-state index is 0. The van der Waals surface area contributed by atoms with E-state index in [0.717, 1.165) is 30.5 Å². The van der Waals surface area contributed by atoms with Gasteiger partial charge in [-0.05, 0) is 37.3 Å². The first kappa shape index (κ1) is 11.3. The second-order valence-corrected chi connectivity index (χ2v) is 3.57. The maximum Gasteiger partial charge on any atom is 0.252 e. The monoisotopic (exact) mass is 214 g/mol. The smallest absolute Gasteiger partial charge is 0.252 e. The molecule has 2 rings (SSSR count). The Balaban J connectivity index is 0.000000980. The number of nitrogens with one attached hydrogen (secondary N) is 1. The zero-order valence-electron chi connectivity index (χ0n) is 8.22. The summed E-state index contributed by atoms with van der Waals surface area (Å²) in [5.74, 6) is 0. The van der Waals surface area contributed by atoms with E-state index in [2.05, 4.69) is 4.98 Å². The number of nitrogens with two attached hydrogens (primary N) is 1. The summed E-state index contributed by atoms with van der Waals surface area (Å²) in [4.78, 5) is 14.3. The largest absolute Gasteiger partial charge is 0.326 e. The Kier molecular flexibility index (Phi) is 3.34. The lowest BCUT2D eigenvalue weighted by atomic mass is 10.0. The molecule has 0 aliphatic heterocycles. The van der Waals surface area contributed by atoms with Crippen LogP contribution in [0.4, 0.5) is 0 Å². The molecule has 0 saturated carbocycles. The van der Waals surface area contributed by atoms with Gasteiger partial charge in [-0.1, -0.05) is 0 Å². The van der Waals surface area contributed by atoms with Crippen molar-refractivity contribution in [3.05, 3.63) is 32.7 Å². The molecule has 0 amide bonds. The van der Waals surface area contributed by atoms with Crippen molar-refractivity contribution in [2.75, 3.05) is 0 Å². The average molecular weight is 215 g/mol. The molecule has 0 radical (unpaired) electrons. The number of aromatic nitrogens is 1. The van der Waals surface area contributed by atoms with Gasteiger partial charge in [-0.25, -0.2) is 0 Å². The van der Waals surface area contributed by atoms with Crippen molar-refractivity contribution in [3.63, 3.8) is 0 Å². The fraction of sp³-hybridized carbons (Fsp3) is 0.500. The van der Waals surface area contributed by atoms with E-state index in [0.29, 0.717) is 6.54 Å². The van der Waals surface area contributed by atoms with Crippen LogP contribution in [0, 0.1) is 6.92 Å². The molecule has 0 saturated heterocycles. The standard InChI is InChI=1S/C10H14N2O.ClH/c1-6-7-3-2-4-8(7)9(5-11)10(13)12-6;/h2-5,11H2,1H3,(H,12,13);1H. The van der Waals surface area contributed by atoms with Crippen LogP contribution < -0.4 is 11.3 Å². The van der Waals surface area contributed by atoms with Crippen molar-refractivity contribution < 1.29 is 0 Å². The van der Waals surface area contributed by atoms with Crippen LogP contribution in [0.1, 0.15) is 28.8 Å². The van der Waals surface area contributed by atoms with Crippen LogP contribution in [0.15, 0.2) is 4.79 Å². The van der Waals surface area contributed by atoms with Gasteiger partial charge in [-0.2, -0.15) is 0 Å². The first-order valence-corrected chi connectivity index (χ1v) is 4.67. The Morgan fingerprint density at radius 2 is 2.00 bits per heavy atom. The molecular weight excluding hydrogens is 200 g/mol. The van der Waals surface area contributed by atoms with Crippen LogP contribution in [0.3, 0.4) is 0 Å². The molecule has 0 spiro atoms. The van der Waals surface area contributed by atoms with Crippen LogP contribution in [0.2, 0.25) is 0 Å². The fourth-order valence-electron chi connectivity index (χ4n) is 2.16. The number of hydrogen-bond donors (Lipinski definition) is 2. The van der Waals surface area contributed by atoms with Gasteiger partial charge < -0.3 is 10.7 Å². The van der Waals surface area contributed by atoms with E-state index in [1.807, 2.05) is 6.92 Å². The van der Waals surface area contributed by atoms with Gasteiger partial charge in [0.05, 0.1) is 0 Å². The summed E-state index contributed by atoms with van der Waals surface area (Å²) >= 11 is 0. The highest BCUT2D eigenvalue weighted by molar-refractivity contribution is 5.85. The van der Waals surface area contributed by atoms with Crippen molar-refractivity contribution in [1.82, 2.24) is 4.98 Å². The van der Waals surface area contributed by atoms with Gasteiger partial charge in [-0.3, -0.25) is 4.79 Å². The van der Waals surface area contributed by atoms with Crippen molar-refractivity contribution >= 4 is 12.4 Å². The minimum Gasteiger partial charge on any atom is -0.326 e. The van der Waals surface area contributed by atoms with Crippen molar-refractivity contribution in [2.45, 2.75) is 32.7 Å². The molecule has 1 aliphatic carbocycles. The van der Waals surface area contributed by atoms with E-state index in [9.17, 15) is 4.79 Å². The lowest BCUT2D eigenvalue weighted by Crippen LogP contribution is -2.20. The highest BCUT2D eigenvalue weighted by atomic mass is 35.5. The molecule has 0 unspecified atom stereocenters. The number of aromatic amines is 1. The second kappa shape index (κ2) is 4.15. The van der Waals surface area contributed by atoms with E-state index in [4.69, 9.17) is 5.73 Å². The summed E-state index contributed by atoms with van der Waals surface area (Å²) in [7, 11) is 0. The lowest BCUT2D eigenvalue weighted by Gasteiger charge is -2.07. The van der Waals surface area contributed by atoms with Gasteiger partial charge in [-0.15, -0.1) is 12.4 Å². The third-order valence-corrected chi connectivity index (χ3v) is 2.81. The summed E-state index contributed by atoms with van der Waals surface area (Å²) in [5, 5.41) is 0. The molecule has 1 aromatic rings. The number of pyridine rings is 1. The Hall–Kier alpha value is -0.800.